The molecule has 1 N–H and O–H groups in total. The summed E-state index contributed by atoms with van der Waals surface area (Å²) in [6.45, 7) is 5.97. The lowest BCUT2D eigenvalue weighted by Crippen LogP contribution is -2.46. The maximum atomic E-state index is 12.3. The van der Waals surface area contributed by atoms with E-state index in [1.807, 2.05) is 0 Å². The molecule has 1 saturated carbocycles. The molecule has 1 aliphatic carbocycles. The fourth-order valence-corrected chi connectivity index (χ4v) is 2.94. The van der Waals surface area contributed by atoms with Crippen molar-refractivity contribution >= 4 is 0 Å². The van der Waals surface area contributed by atoms with E-state index in [1.54, 1.807) is 6.92 Å². The minimum Gasteiger partial charge on any atom is -0.311 e. The van der Waals surface area contributed by atoms with Crippen LogP contribution in [0.15, 0.2) is 0 Å². The van der Waals surface area contributed by atoms with E-state index >= 15 is 0 Å². The van der Waals surface area contributed by atoms with Crippen LogP contribution in [0.1, 0.15) is 52.9 Å². The zero-order valence-electron chi connectivity index (χ0n) is 11.0. The van der Waals surface area contributed by atoms with Gasteiger partial charge < -0.3 is 5.32 Å². The summed E-state index contributed by atoms with van der Waals surface area (Å²) in [6.07, 6.45) is -0.268. The average Bonchev–Trinajstić information content (AvgIpc) is 2.14. The van der Waals surface area contributed by atoms with Crippen molar-refractivity contribution in [3.05, 3.63) is 0 Å². The highest BCUT2D eigenvalue weighted by molar-refractivity contribution is 4.85. The summed E-state index contributed by atoms with van der Waals surface area (Å²) in [7, 11) is 0. The van der Waals surface area contributed by atoms with Crippen LogP contribution in [-0.4, -0.2) is 18.3 Å². The highest BCUT2D eigenvalue weighted by Gasteiger charge is 2.33. The second-order valence-corrected chi connectivity index (χ2v) is 5.69. The van der Waals surface area contributed by atoms with Gasteiger partial charge in [-0.2, -0.15) is 13.2 Å². The van der Waals surface area contributed by atoms with Gasteiger partial charge in [-0.25, -0.2) is 0 Å². The van der Waals surface area contributed by atoms with Gasteiger partial charge in [-0.15, -0.1) is 0 Å². The first kappa shape index (κ1) is 14.8. The lowest BCUT2D eigenvalue weighted by atomic mass is 9.77. The Balaban J connectivity index is 2.47. The van der Waals surface area contributed by atoms with Crippen molar-refractivity contribution in [2.45, 2.75) is 71.1 Å². The van der Waals surface area contributed by atoms with Gasteiger partial charge in [-0.05, 0) is 31.6 Å². The van der Waals surface area contributed by atoms with Crippen LogP contribution in [0.5, 0.6) is 0 Å². The molecule has 3 atom stereocenters. The normalized spacial score (nSPS) is 28.4. The van der Waals surface area contributed by atoms with E-state index < -0.39 is 18.6 Å². The Morgan fingerprint density at radius 1 is 1.12 bits per heavy atom. The summed E-state index contributed by atoms with van der Waals surface area (Å²) in [5.74, 6) is 1.07. The van der Waals surface area contributed by atoms with Gasteiger partial charge in [-0.3, -0.25) is 0 Å². The quantitative estimate of drug-likeness (QED) is 0.792. The maximum Gasteiger partial charge on any atom is 0.390 e. The molecule has 0 radical (unpaired) electrons. The van der Waals surface area contributed by atoms with Gasteiger partial charge in [0, 0.05) is 12.1 Å². The molecule has 0 aromatic rings. The molecular weight excluding hydrogens is 227 g/mol. The topological polar surface area (TPSA) is 12.0 Å². The third-order valence-corrected chi connectivity index (χ3v) is 3.71. The van der Waals surface area contributed by atoms with Crippen molar-refractivity contribution in [1.29, 1.82) is 0 Å². The Labute approximate surface area is 102 Å². The fourth-order valence-electron chi connectivity index (χ4n) is 2.94. The number of hydrogen-bond donors (Lipinski definition) is 1. The molecule has 3 unspecified atom stereocenters. The number of halogens is 3. The second-order valence-electron chi connectivity index (χ2n) is 5.69. The predicted octanol–water partition coefficient (Wildman–Crippen LogP) is 4.13. The Hall–Kier alpha value is -0.250. The molecule has 4 heteroatoms. The first-order valence-electron chi connectivity index (χ1n) is 6.62. The molecule has 0 saturated heterocycles. The van der Waals surface area contributed by atoms with Crippen molar-refractivity contribution in [1.82, 2.24) is 5.32 Å². The van der Waals surface area contributed by atoms with E-state index in [4.69, 9.17) is 0 Å². The molecule has 17 heavy (non-hydrogen) atoms. The summed E-state index contributed by atoms with van der Waals surface area (Å²) in [4.78, 5) is 0. The minimum absolute atomic E-state index is 0.265. The largest absolute Gasteiger partial charge is 0.390 e. The van der Waals surface area contributed by atoms with Crippen LogP contribution in [0.3, 0.4) is 0 Å². The molecule has 1 nitrogen and oxygen atoms in total. The van der Waals surface area contributed by atoms with E-state index in [2.05, 4.69) is 19.2 Å². The maximum absolute atomic E-state index is 12.3. The summed E-state index contributed by atoms with van der Waals surface area (Å²) in [6, 6.07) is -0.208. The first-order chi connectivity index (χ1) is 7.79. The average molecular weight is 251 g/mol. The summed E-state index contributed by atoms with van der Waals surface area (Å²) < 4.78 is 36.8. The lowest BCUT2D eigenvalue weighted by molar-refractivity contribution is -0.139. The smallest absolute Gasteiger partial charge is 0.311 e. The van der Waals surface area contributed by atoms with Gasteiger partial charge in [0.05, 0.1) is 6.42 Å². The number of hydrogen-bond acceptors (Lipinski definition) is 1. The van der Waals surface area contributed by atoms with Crippen molar-refractivity contribution in [3.8, 4) is 0 Å². The zero-order valence-corrected chi connectivity index (χ0v) is 11.0. The number of nitrogens with one attached hydrogen (secondary N) is 1. The minimum atomic E-state index is -4.06. The summed E-state index contributed by atoms with van der Waals surface area (Å²) in [5.41, 5.74) is 0. The molecule has 0 aromatic carbocycles. The Morgan fingerprint density at radius 3 is 2.24 bits per heavy atom. The van der Waals surface area contributed by atoms with Crippen molar-refractivity contribution in [3.63, 3.8) is 0 Å². The van der Waals surface area contributed by atoms with Crippen LogP contribution >= 0.6 is 0 Å². The highest BCUT2D eigenvalue weighted by atomic mass is 19.4. The van der Waals surface area contributed by atoms with Crippen LogP contribution in [0.25, 0.3) is 0 Å². The Morgan fingerprint density at radius 2 is 1.71 bits per heavy atom. The van der Waals surface area contributed by atoms with Gasteiger partial charge in [0.2, 0.25) is 0 Å². The molecule has 0 spiro atoms. The van der Waals surface area contributed by atoms with Crippen LogP contribution in [0.2, 0.25) is 0 Å². The number of rotatable bonds is 4. The van der Waals surface area contributed by atoms with Gasteiger partial charge in [0.1, 0.15) is 0 Å². The summed E-state index contributed by atoms with van der Waals surface area (Å²) >= 11 is 0. The molecule has 0 aromatic heterocycles. The van der Waals surface area contributed by atoms with Gasteiger partial charge >= 0.3 is 6.18 Å². The van der Waals surface area contributed by atoms with Crippen LogP contribution < -0.4 is 5.32 Å². The van der Waals surface area contributed by atoms with E-state index in [0.29, 0.717) is 11.8 Å². The van der Waals surface area contributed by atoms with E-state index in [9.17, 15) is 13.2 Å². The third-order valence-electron chi connectivity index (χ3n) is 3.71. The van der Waals surface area contributed by atoms with E-state index in [1.165, 1.54) is 6.42 Å². The lowest BCUT2D eigenvalue weighted by Gasteiger charge is -2.37. The molecule has 1 aliphatic rings. The van der Waals surface area contributed by atoms with Crippen LogP contribution in [0.4, 0.5) is 13.2 Å². The molecule has 102 valence electrons. The fraction of sp³-hybridized carbons (Fsp3) is 1.00. The molecule has 0 amide bonds. The molecular formula is C13H24F3N. The zero-order chi connectivity index (χ0) is 13.1. The van der Waals surface area contributed by atoms with E-state index in [0.717, 1.165) is 19.3 Å². The van der Waals surface area contributed by atoms with Crippen LogP contribution in [-0.2, 0) is 0 Å². The van der Waals surface area contributed by atoms with Gasteiger partial charge in [0.15, 0.2) is 0 Å². The standard InChI is InChI=1S/C13H24F3N/c1-9(2)11-6-4-5-7-12(11)17-10(3)8-13(14,15)16/h9-12,17H,4-8H2,1-3H3. The van der Waals surface area contributed by atoms with Crippen molar-refractivity contribution < 1.29 is 13.2 Å². The first-order valence-corrected chi connectivity index (χ1v) is 6.62. The SMILES string of the molecule is CC(CC(F)(F)F)NC1CCCCC1C(C)C. The van der Waals surface area contributed by atoms with Gasteiger partial charge in [0.25, 0.3) is 0 Å². The molecule has 0 bridgehead atoms. The van der Waals surface area contributed by atoms with Gasteiger partial charge in [-0.1, -0.05) is 26.7 Å². The van der Waals surface area contributed by atoms with Crippen LogP contribution in [0, 0.1) is 11.8 Å². The van der Waals surface area contributed by atoms with E-state index in [-0.39, 0.29) is 6.04 Å². The molecule has 0 aliphatic heterocycles. The monoisotopic (exact) mass is 251 g/mol. The molecule has 1 rings (SSSR count). The third kappa shape index (κ3) is 5.28. The summed E-state index contributed by atoms with van der Waals surface area (Å²) in [5, 5.41) is 3.19. The second kappa shape index (κ2) is 6.07. The number of alkyl halides is 3. The Bertz CT molecular complexity index is 225. The highest BCUT2D eigenvalue weighted by Crippen LogP contribution is 2.31. The predicted molar refractivity (Wildman–Crippen MR) is 63.9 cm³/mol. The molecule has 0 heterocycles. The molecule has 1 fully saturated rings. The van der Waals surface area contributed by atoms with Crippen molar-refractivity contribution in [2.75, 3.05) is 0 Å². The van der Waals surface area contributed by atoms with Crippen molar-refractivity contribution in [2.24, 2.45) is 11.8 Å². The Kier molecular flexibility index (Phi) is 5.29.